The van der Waals surface area contributed by atoms with Crippen molar-refractivity contribution in [3.8, 4) is 0 Å². The zero-order valence-corrected chi connectivity index (χ0v) is 15.1. The van der Waals surface area contributed by atoms with Gasteiger partial charge in [0.05, 0.1) is 0 Å². The van der Waals surface area contributed by atoms with E-state index in [1.54, 1.807) is 19.2 Å². The average molecular weight is 371 g/mol. The van der Waals surface area contributed by atoms with E-state index >= 15 is 0 Å². The minimum atomic E-state index is -0.815. The van der Waals surface area contributed by atoms with Crippen molar-refractivity contribution in [1.29, 1.82) is 0 Å². The molecular weight excluding hydrogens is 353 g/mol. The fraction of sp³-hybridized carbons (Fsp3) is 0.278. The number of likely N-dealkylation sites (N-methyl/N-ethyl adjacent to an activating group) is 1. The van der Waals surface area contributed by atoms with Gasteiger partial charge in [-0.25, -0.2) is 18.7 Å². The molecule has 0 spiro atoms. The van der Waals surface area contributed by atoms with Crippen molar-refractivity contribution in [1.82, 2.24) is 24.5 Å². The van der Waals surface area contributed by atoms with Gasteiger partial charge in [-0.2, -0.15) is 4.98 Å². The van der Waals surface area contributed by atoms with E-state index in [2.05, 4.69) is 15.1 Å². The predicted molar refractivity (Wildman–Crippen MR) is 93.4 cm³/mol. The molecule has 2 heterocycles. The summed E-state index contributed by atoms with van der Waals surface area (Å²) in [6.45, 7) is 3.36. The second-order valence-corrected chi connectivity index (χ2v) is 6.14. The van der Waals surface area contributed by atoms with Crippen molar-refractivity contribution in [3.63, 3.8) is 0 Å². The van der Waals surface area contributed by atoms with E-state index in [-0.39, 0.29) is 24.0 Å². The van der Waals surface area contributed by atoms with Crippen LogP contribution in [0.25, 0.3) is 5.78 Å². The molecule has 0 aliphatic carbocycles. The number of esters is 1. The molecule has 0 saturated heterocycles. The van der Waals surface area contributed by atoms with Crippen molar-refractivity contribution < 1.29 is 18.7 Å². The minimum Gasteiger partial charge on any atom is -0.450 e. The van der Waals surface area contributed by atoms with Crippen LogP contribution in [0.4, 0.5) is 4.39 Å². The SMILES string of the molecule is Cc1cc(C)n2nc(C(=O)OCC(=O)N(C)Cc3cccc(F)c3)nc2n1. The summed E-state index contributed by atoms with van der Waals surface area (Å²) in [6.07, 6.45) is 0. The second-order valence-electron chi connectivity index (χ2n) is 6.14. The highest BCUT2D eigenvalue weighted by Crippen LogP contribution is 2.08. The van der Waals surface area contributed by atoms with Crippen molar-refractivity contribution in [2.24, 2.45) is 0 Å². The number of nitrogens with zero attached hydrogens (tertiary/aromatic N) is 5. The van der Waals surface area contributed by atoms with Crippen LogP contribution in [0.15, 0.2) is 30.3 Å². The Morgan fingerprint density at radius 1 is 1.22 bits per heavy atom. The average Bonchev–Trinajstić information content (AvgIpc) is 3.03. The van der Waals surface area contributed by atoms with Crippen molar-refractivity contribution in [2.45, 2.75) is 20.4 Å². The van der Waals surface area contributed by atoms with E-state index in [0.717, 1.165) is 11.4 Å². The Morgan fingerprint density at radius 3 is 2.74 bits per heavy atom. The largest absolute Gasteiger partial charge is 0.450 e. The molecule has 0 aliphatic rings. The third-order valence-corrected chi connectivity index (χ3v) is 3.86. The highest BCUT2D eigenvalue weighted by atomic mass is 19.1. The highest BCUT2D eigenvalue weighted by Gasteiger charge is 2.19. The maximum absolute atomic E-state index is 13.2. The van der Waals surface area contributed by atoms with Gasteiger partial charge in [0.2, 0.25) is 0 Å². The molecule has 0 unspecified atom stereocenters. The molecule has 0 aliphatic heterocycles. The quantitative estimate of drug-likeness (QED) is 0.634. The monoisotopic (exact) mass is 371 g/mol. The minimum absolute atomic E-state index is 0.170. The number of hydrogen-bond acceptors (Lipinski definition) is 6. The van der Waals surface area contributed by atoms with Gasteiger partial charge in [0.25, 0.3) is 17.5 Å². The Hall–Kier alpha value is -3.36. The van der Waals surface area contributed by atoms with E-state index in [9.17, 15) is 14.0 Å². The van der Waals surface area contributed by atoms with Crippen LogP contribution < -0.4 is 0 Å². The molecule has 0 saturated carbocycles. The Balaban J connectivity index is 1.61. The van der Waals surface area contributed by atoms with Gasteiger partial charge in [0.1, 0.15) is 5.82 Å². The molecule has 1 amide bonds. The number of rotatable bonds is 5. The maximum atomic E-state index is 13.2. The van der Waals surface area contributed by atoms with E-state index in [0.29, 0.717) is 5.56 Å². The summed E-state index contributed by atoms with van der Waals surface area (Å²) in [7, 11) is 1.54. The number of aryl methyl sites for hydroxylation is 2. The number of ether oxygens (including phenoxy) is 1. The molecule has 0 fully saturated rings. The Bertz CT molecular complexity index is 1020. The summed E-state index contributed by atoms with van der Waals surface area (Å²) in [5, 5.41) is 4.06. The summed E-state index contributed by atoms with van der Waals surface area (Å²) in [4.78, 5) is 33.8. The second kappa shape index (κ2) is 7.48. The van der Waals surface area contributed by atoms with Crippen LogP contribution in [0.3, 0.4) is 0 Å². The summed E-state index contributed by atoms with van der Waals surface area (Å²) < 4.78 is 19.6. The highest BCUT2D eigenvalue weighted by molar-refractivity contribution is 5.88. The van der Waals surface area contributed by atoms with Gasteiger partial charge in [-0.05, 0) is 37.6 Å². The number of fused-ring (bicyclic) bond motifs is 1. The van der Waals surface area contributed by atoms with Crippen LogP contribution in [0.1, 0.15) is 27.6 Å². The fourth-order valence-corrected chi connectivity index (χ4v) is 2.55. The maximum Gasteiger partial charge on any atom is 0.378 e. The zero-order valence-electron chi connectivity index (χ0n) is 15.1. The first-order valence-electron chi connectivity index (χ1n) is 8.20. The number of amides is 1. The van der Waals surface area contributed by atoms with Crippen LogP contribution in [-0.2, 0) is 16.1 Å². The summed E-state index contributed by atoms with van der Waals surface area (Å²) in [5.74, 6) is -1.51. The van der Waals surface area contributed by atoms with Gasteiger partial charge in [-0.15, -0.1) is 5.10 Å². The van der Waals surface area contributed by atoms with E-state index in [1.165, 1.54) is 21.5 Å². The Labute approximate surface area is 154 Å². The van der Waals surface area contributed by atoms with Crippen molar-refractivity contribution >= 4 is 17.7 Å². The smallest absolute Gasteiger partial charge is 0.378 e. The number of halogens is 1. The van der Waals surface area contributed by atoms with Gasteiger partial charge < -0.3 is 9.64 Å². The first-order chi connectivity index (χ1) is 12.8. The molecule has 2 aromatic heterocycles. The number of carbonyl (C=O) groups is 2. The molecule has 3 aromatic rings. The molecule has 27 heavy (non-hydrogen) atoms. The molecule has 140 valence electrons. The topological polar surface area (TPSA) is 89.7 Å². The lowest BCUT2D eigenvalue weighted by Crippen LogP contribution is -2.31. The van der Waals surface area contributed by atoms with E-state index in [1.807, 2.05) is 19.9 Å². The molecule has 0 atom stereocenters. The van der Waals surface area contributed by atoms with Crippen LogP contribution in [0, 0.1) is 19.7 Å². The predicted octanol–water partition coefficient (Wildman–Crippen LogP) is 1.70. The zero-order chi connectivity index (χ0) is 19.6. The molecular formula is C18H18FN5O3. The molecule has 0 radical (unpaired) electrons. The van der Waals surface area contributed by atoms with Gasteiger partial charge in [0, 0.05) is 25.0 Å². The van der Waals surface area contributed by atoms with Crippen LogP contribution in [0.2, 0.25) is 0 Å². The summed E-state index contributed by atoms with van der Waals surface area (Å²) >= 11 is 0. The lowest BCUT2D eigenvalue weighted by atomic mass is 10.2. The van der Waals surface area contributed by atoms with Gasteiger partial charge in [-0.3, -0.25) is 4.79 Å². The molecule has 0 bridgehead atoms. The first-order valence-corrected chi connectivity index (χ1v) is 8.20. The van der Waals surface area contributed by atoms with Gasteiger partial charge in [0.15, 0.2) is 6.61 Å². The summed E-state index contributed by atoms with van der Waals surface area (Å²) in [6, 6.07) is 7.75. The van der Waals surface area contributed by atoms with Gasteiger partial charge >= 0.3 is 5.97 Å². The number of carbonyl (C=O) groups excluding carboxylic acids is 2. The standard InChI is InChI=1S/C18H18FN5O3/c1-11-7-12(2)24-18(20-11)21-16(22-24)17(26)27-10-15(25)23(3)9-13-5-4-6-14(19)8-13/h4-8H,9-10H2,1-3H3. The molecule has 1 aromatic carbocycles. The first kappa shape index (κ1) is 18.4. The van der Waals surface area contributed by atoms with Crippen molar-refractivity contribution in [3.05, 3.63) is 58.9 Å². The molecule has 3 rings (SSSR count). The fourth-order valence-electron chi connectivity index (χ4n) is 2.55. The van der Waals surface area contributed by atoms with E-state index < -0.39 is 18.5 Å². The summed E-state index contributed by atoms with van der Waals surface area (Å²) in [5.41, 5.74) is 2.16. The third kappa shape index (κ3) is 4.25. The number of aromatic nitrogens is 4. The lowest BCUT2D eigenvalue weighted by molar-refractivity contribution is -0.133. The third-order valence-electron chi connectivity index (χ3n) is 3.86. The molecule has 9 heteroatoms. The Kier molecular flexibility index (Phi) is 5.11. The molecule has 0 N–H and O–H groups in total. The number of benzene rings is 1. The Morgan fingerprint density at radius 2 is 2.00 bits per heavy atom. The van der Waals surface area contributed by atoms with Gasteiger partial charge in [-0.1, -0.05) is 12.1 Å². The number of hydrogen-bond donors (Lipinski definition) is 0. The lowest BCUT2D eigenvalue weighted by Gasteiger charge is -2.17. The van der Waals surface area contributed by atoms with Crippen LogP contribution in [0.5, 0.6) is 0 Å². The van der Waals surface area contributed by atoms with Crippen LogP contribution in [-0.4, -0.2) is 50.0 Å². The van der Waals surface area contributed by atoms with Crippen molar-refractivity contribution in [2.75, 3.05) is 13.7 Å². The van der Waals surface area contributed by atoms with Crippen LogP contribution >= 0.6 is 0 Å². The molecule has 8 nitrogen and oxygen atoms in total. The normalized spacial score (nSPS) is 10.8. The van der Waals surface area contributed by atoms with E-state index in [4.69, 9.17) is 4.74 Å².